The minimum absolute atomic E-state index is 0.0389. The topological polar surface area (TPSA) is 112 Å². The van der Waals surface area contributed by atoms with Gasteiger partial charge in [0.15, 0.2) is 23.9 Å². The van der Waals surface area contributed by atoms with Crippen molar-refractivity contribution in [3.8, 4) is 11.5 Å². The summed E-state index contributed by atoms with van der Waals surface area (Å²) in [4.78, 5) is 50.0. The third-order valence-electron chi connectivity index (χ3n) is 10.9. The number of amides is 2. The highest BCUT2D eigenvalue weighted by molar-refractivity contribution is 6.35. The number of methoxy groups -OCH3 is 2. The highest BCUT2D eigenvalue weighted by Crippen LogP contribution is 2.36. The van der Waals surface area contributed by atoms with Gasteiger partial charge in [0.1, 0.15) is 34.1 Å². The molecule has 5 heterocycles. The molecule has 4 fully saturated rings. The van der Waals surface area contributed by atoms with Crippen molar-refractivity contribution in [2.45, 2.75) is 56.9 Å². The number of ether oxygens (including phenoxy) is 4. The Labute approximate surface area is 335 Å². The fourth-order valence-corrected chi connectivity index (χ4v) is 8.45. The molecule has 0 spiro atoms. The first kappa shape index (κ1) is 39.3. The van der Waals surface area contributed by atoms with E-state index in [4.69, 9.17) is 42.1 Å². The number of halogens is 3. The summed E-state index contributed by atoms with van der Waals surface area (Å²) in [6.07, 6.45) is 4.48. The number of aromatic nitrogens is 1. The summed E-state index contributed by atoms with van der Waals surface area (Å²) < 4.78 is 38.4. The normalized spacial score (nSPS) is 20.6. The summed E-state index contributed by atoms with van der Waals surface area (Å²) in [5.74, 6) is -0.290. The number of hydrogen-bond donors (Lipinski definition) is 0. The summed E-state index contributed by atoms with van der Waals surface area (Å²) in [6, 6.07) is 17.2. The van der Waals surface area contributed by atoms with Crippen molar-refractivity contribution >= 4 is 46.9 Å². The first-order valence-corrected chi connectivity index (χ1v) is 19.5. The molecular weight excluding hydrogens is 762 g/mol. The molecule has 294 valence electrons. The Morgan fingerprint density at radius 2 is 1.66 bits per heavy atom. The molecule has 3 atom stereocenters. The number of esters is 1. The second kappa shape index (κ2) is 17.5. The third kappa shape index (κ3) is 8.57. The molecule has 2 bridgehead atoms. The van der Waals surface area contributed by atoms with Crippen molar-refractivity contribution in [1.82, 2.24) is 9.80 Å². The average molecular weight is 807 g/mol. The number of para-hydroxylation sites is 1. The fourth-order valence-electron chi connectivity index (χ4n) is 7.92. The Morgan fingerprint density at radius 3 is 2.36 bits per heavy atom. The van der Waals surface area contributed by atoms with Crippen molar-refractivity contribution in [2.75, 3.05) is 45.3 Å². The Hall–Kier alpha value is -4.91. The quantitative estimate of drug-likeness (QED) is 0.137. The highest BCUT2D eigenvalue weighted by Gasteiger charge is 2.39. The van der Waals surface area contributed by atoms with Gasteiger partial charge in [-0.1, -0.05) is 53.5 Å². The summed E-state index contributed by atoms with van der Waals surface area (Å²) in [5, 5.41) is 0.745. The maximum absolute atomic E-state index is 15.2. The number of fused-ring (bicyclic) bond motifs is 3. The Bertz CT molecular complexity index is 2060. The van der Waals surface area contributed by atoms with Gasteiger partial charge in [0.2, 0.25) is 0 Å². The van der Waals surface area contributed by atoms with E-state index in [0.717, 1.165) is 25.9 Å². The number of nitrogens with zero attached hydrogens (tertiary/aromatic N) is 3. The van der Waals surface area contributed by atoms with Gasteiger partial charge in [0.05, 0.1) is 26.5 Å². The molecule has 4 aliphatic heterocycles. The molecule has 14 heteroatoms. The maximum Gasteiger partial charge on any atom is 0.415 e. The minimum atomic E-state index is -0.865. The van der Waals surface area contributed by atoms with Crippen LogP contribution in [0.5, 0.6) is 11.5 Å². The molecule has 1 aromatic heterocycles. The number of anilines is 1. The Balaban J connectivity index is 1.10. The number of piperidine rings is 3. The Kier molecular flexibility index (Phi) is 12.3. The predicted molar refractivity (Wildman–Crippen MR) is 208 cm³/mol. The largest absolute Gasteiger partial charge is 0.493 e. The number of carbonyl (C=O) groups is 3. The molecule has 4 saturated heterocycles. The molecule has 56 heavy (non-hydrogen) atoms. The zero-order chi connectivity index (χ0) is 39.3. The van der Waals surface area contributed by atoms with Gasteiger partial charge in [-0.2, -0.15) is 0 Å². The van der Waals surface area contributed by atoms with E-state index in [0.29, 0.717) is 69.7 Å². The molecule has 8 rings (SSSR count). The molecule has 1 N–H and O–H groups in total. The average Bonchev–Trinajstić information content (AvgIpc) is 3.72. The second-order valence-corrected chi connectivity index (χ2v) is 15.1. The van der Waals surface area contributed by atoms with Crippen LogP contribution in [0.3, 0.4) is 0 Å². The fraction of sp³-hybridized carbons (Fsp3) is 0.381. The molecule has 3 aromatic carbocycles. The lowest BCUT2D eigenvalue weighted by molar-refractivity contribution is -0.377. The second-order valence-electron chi connectivity index (χ2n) is 14.3. The number of carbonyl (C=O) groups excluding carboxylic acids is 3. The smallest absolute Gasteiger partial charge is 0.415 e. The number of benzene rings is 3. The van der Waals surface area contributed by atoms with Crippen molar-refractivity contribution in [3.63, 3.8) is 0 Å². The van der Waals surface area contributed by atoms with Crippen molar-refractivity contribution in [1.29, 1.82) is 0 Å². The molecule has 11 nitrogen and oxygen atoms in total. The molecule has 0 aliphatic carbocycles. The van der Waals surface area contributed by atoms with Crippen molar-refractivity contribution < 1.29 is 42.7 Å². The van der Waals surface area contributed by atoms with Gasteiger partial charge < -0.3 is 23.8 Å². The lowest BCUT2D eigenvalue weighted by Gasteiger charge is -2.44. The van der Waals surface area contributed by atoms with Crippen LogP contribution < -0.4 is 19.4 Å². The molecule has 2 amide bonds. The van der Waals surface area contributed by atoms with Gasteiger partial charge in [0.25, 0.3) is 5.91 Å². The van der Waals surface area contributed by atoms with Crippen LogP contribution in [0.15, 0.2) is 79.1 Å². The maximum atomic E-state index is 15.2. The lowest BCUT2D eigenvalue weighted by Crippen LogP contribution is -2.53. The molecule has 0 radical (unpaired) electrons. The molecule has 0 unspecified atom stereocenters. The SMILES string of the molecule is COc1ccc([C@H](Cc2c(Cl)c[nH+]cc2Cl)OC(=O)[C@@H]2CCCN2C(=O)c2cccc(CN(C(=O)O[C@H]3CN4CCC3CC4)c3ccccc3F)c2)cc1OC. The number of nitrogens with one attached hydrogen (secondary N) is 1. The van der Waals surface area contributed by atoms with Crippen LogP contribution in [0, 0.1) is 11.7 Å². The summed E-state index contributed by atoms with van der Waals surface area (Å²) in [6.45, 7) is 2.93. The van der Waals surface area contributed by atoms with E-state index in [2.05, 4.69) is 9.88 Å². The van der Waals surface area contributed by atoms with Crippen LogP contribution in [0.25, 0.3) is 0 Å². The van der Waals surface area contributed by atoms with Gasteiger partial charge in [-0.05, 0) is 92.2 Å². The predicted octanol–water partition coefficient (Wildman–Crippen LogP) is 7.33. The third-order valence-corrected chi connectivity index (χ3v) is 11.6. The van der Waals surface area contributed by atoms with Gasteiger partial charge in [0, 0.05) is 30.6 Å². The standard InChI is InChI=1S/C42H43Cl2FN4O7/c1-53-36-13-12-28(20-38(36)54-2)37(21-30-31(43)22-46-23-32(30)44)55-41(51)35-11-6-16-48(35)40(50)29-8-5-7-26(19-29)24-49(34-10-4-3-9-33(34)45)42(52)56-39-25-47-17-14-27(39)15-18-47/h3-5,7-10,12-13,19-20,22-23,27,35,37,39H,6,11,14-18,21,24-25H2,1-2H3/p+1/t35-,37-,39-/m0/s1. The van der Waals surface area contributed by atoms with E-state index in [1.165, 1.54) is 36.2 Å². The first-order valence-electron chi connectivity index (χ1n) is 18.7. The number of rotatable bonds is 12. The van der Waals surface area contributed by atoms with E-state index < -0.39 is 30.0 Å². The summed E-state index contributed by atoms with van der Waals surface area (Å²) >= 11 is 13.0. The van der Waals surface area contributed by atoms with E-state index in [1.807, 2.05) is 0 Å². The van der Waals surface area contributed by atoms with Crippen LogP contribution in [-0.4, -0.2) is 80.3 Å². The zero-order valence-corrected chi connectivity index (χ0v) is 32.7. The summed E-state index contributed by atoms with van der Waals surface area (Å²) in [5.41, 5.74) is 2.18. The number of aromatic amines is 1. The number of likely N-dealkylation sites (tertiary alicyclic amines) is 1. The van der Waals surface area contributed by atoms with Crippen LogP contribution in [0.1, 0.15) is 58.8 Å². The van der Waals surface area contributed by atoms with Crippen molar-refractivity contribution in [3.05, 3.63) is 117 Å². The van der Waals surface area contributed by atoms with Gasteiger partial charge in [-0.15, -0.1) is 0 Å². The van der Waals surface area contributed by atoms with Crippen molar-refractivity contribution in [2.24, 2.45) is 5.92 Å². The first-order chi connectivity index (χ1) is 27.1. The van der Waals surface area contributed by atoms with Crippen LogP contribution >= 0.6 is 23.2 Å². The van der Waals surface area contributed by atoms with Crippen LogP contribution in [-0.2, 0) is 27.2 Å². The number of pyridine rings is 1. The number of H-pyrrole nitrogens is 1. The van der Waals surface area contributed by atoms with E-state index in [-0.39, 0.29) is 36.6 Å². The zero-order valence-electron chi connectivity index (χ0n) is 31.2. The van der Waals surface area contributed by atoms with Gasteiger partial charge in [-0.3, -0.25) is 14.6 Å². The van der Waals surface area contributed by atoms with Gasteiger partial charge in [-0.25, -0.2) is 19.0 Å². The lowest BCUT2D eigenvalue weighted by atomic mass is 9.86. The highest BCUT2D eigenvalue weighted by atomic mass is 35.5. The Morgan fingerprint density at radius 1 is 0.911 bits per heavy atom. The number of hydrogen-bond acceptors (Lipinski definition) is 8. The molecule has 0 saturated carbocycles. The van der Waals surface area contributed by atoms with E-state index in [1.54, 1.807) is 67.0 Å². The monoisotopic (exact) mass is 805 g/mol. The van der Waals surface area contributed by atoms with E-state index in [9.17, 15) is 14.4 Å². The summed E-state index contributed by atoms with van der Waals surface area (Å²) in [7, 11) is 3.05. The molecule has 4 aliphatic rings. The van der Waals surface area contributed by atoms with Crippen LogP contribution in [0.4, 0.5) is 14.9 Å². The minimum Gasteiger partial charge on any atom is -0.493 e. The van der Waals surface area contributed by atoms with E-state index >= 15 is 4.39 Å². The van der Waals surface area contributed by atoms with Gasteiger partial charge >= 0.3 is 12.1 Å². The molecular formula is C42H44Cl2FN4O7+. The molecule has 4 aromatic rings. The van der Waals surface area contributed by atoms with Crippen LogP contribution in [0.2, 0.25) is 10.0 Å².